The minimum atomic E-state index is 0.353. The average molecular weight is 304 g/mol. The maximum Gasteiger partial charge on any atom is 0.134 e. The Hall–Kier alpha value is -1.84. The van der Waals surface area contributed by atoms with E-state index in [0.717, 1.165) is 18.4 Å². The zero-order valence-electron chi connectivity index (χ0n) is 13.5. The molecule has 0 saturated carbocycles. The molecule has 0 amide bonds. The highest BCUT2D eigenvalue weighted by molar-refractivity contribution is 6.48. The molecule has 0 bridgehead atoms. The molecule has 0 aliphatic heterocycles. The standard InChI is InChI=1S/C18H28N2O2/c1-2-3-4-5-6-7-8-12-15-17(19-21)18(20-22)16-13-10-9-11-14-16/h9-11,13-14,21-22H,2-8,12,15H2,1H3/b19-17+,20-18+. The Bertz CT molecular complexity index is 455. The van der Waals surface area contributed by atoms with E-state index in [1.54, 1.807) is 0 Å². The van der Waals surface area contributed by atoms with Crippen LogP contribution in [0.2, 0.25) is 0 Å². The van der Waals surface area contributed by atoms with Crippen LogP contribution in [-0.2, 0) is 0 Å². The number of oxime groups is 2. The summed E-state index contributed by atoms with van der Waals surface area (Å²) >= 11 is 0. The van der Waals surface area contributed by atoms with Crippen molar-refractivity contribution < 1.29 is 10.4 Å². The molecule has 122 valence electrons. The van der Waals surface area contributed by atoms with Crippen LogP contribution >= 0.6 is 0 Å². The van der Waals surface area contributed by atoms with Crippen molar-refractivity contribution in [1.29, 1.82) is 0 Å². The van der Waals surface area contributed by atoms with Gasteiger partial charge in [0.25, 0.3) is 0 Å². The first kappa shape index (κ1) is 18.2. The lowest BCUT2D eigenvalue weighted by Crippen LogP contribution is -2.16. The maximum atomic E-state index is 9.20. The summed E-state index contributed by atoms with van der Waals surface area (Å²) in [7, 11) is 0. The molecule has 0 aliphatic rings. The van der Waals surface area contributed by atoms with Gasteiger partial charge in [-0.25, -0.2) is 0 Å². The van der Waals surface area contributed by atoms with Gasteiger partial charge in [0, 0.05) is 5.56 Å². The largest absolute Gasteiger partial charge is 0.411 e. The molecule has 2 N–H and O–H groups in total. The zero-order chi connectivity index (χ0) is 16.0. The Labute approximate surface area is 133 Å². The highest BCUT2D eigenvalue weighted by Gasteiger charge is 2.12. The summed E-state index contributed by atoms with van der Waals surface area (Å²) in [5.41, 5.74) is 1.56. The summed E-state index contributed by atoms with van der Waals surface area (Å²) in [5, 5.41) is 25.0. The van der Waals surface area contributed by atoms with Crippen LogP contribution in [-0.4, -0.2) is 21.8 Å². The van der Waals surface area contributed by atoms with E-state index in [1.165, 1.54) is 38.5 Å². The van der Waals surface area contributed by atoms with Gasteiger partial charge in [-0.2, -0.15) is 0 Å². The van der Waals surface area contributed by atoms with Crippen molar-refractivity contribution in [1.82, 2.24) is 0 Å². The fraction of sp³-hybridized carbons (Fsp3) is 0.556. The second-order valence-corrected chi connectivity index (χ2v) is 5.59. The number of hydrogen-bond donors (Lipinski definition) is 2. The first-order chi connectivity index (χ1) is 10.8. The molecule has 0 aliphatic carbocycles. The molecule has 0 radical (unpaired) electrons. The van der Waals surface area contributed by atoms with Gasteiger partial charge < -0.3 is 10.4 Å². The second kappa shape index (κ2) is 11.8. The molecule has 4 heteroatoms. The number of hydrogen-bond acceptors (Lipinski definition) is 4. The lowest BCUT2D eigenvalue weighted by molar-refractivity contribution is 0.313. The van der Waals surface area contributed by atoms with E-state index >= 15 is 0 Å². The Morgan fingerprint density at radius 1 is 0.818 bits per heavy atom. The topological polar surface area (TPSA) is 65.2 Å². The SMILES string of the molecule is CCCCCCCCCCC(=N\O)/C(=N/O)c1ccccc1. The molecule has 0 heterocycles. The molecule has 1 aromatic rings. The highest BCUT2D eigenvalue weighted by atomic mass is 16.4. The van der Waals surface area contributed by atoms with Gasteiger partial charge >= 0.3 is 0 Å². The van der Waals surface area contributed by atoms with Crippen LogP contribution in [0.3, 0.4) is 0 Å². The second-order valence-electron chi connectivity index (χ2n) is 5.59. The Balaban J connectivity index is 2.33. The molecule has 0 saturated heterocycles. The van der Waals surface area contributed by atoms with Gasteiger partial charge in [-0.1, -0.05) is 92.5 Å². The summed E-state index contributed by atoms with van der Waals surface area (Å²) in [4.78, 5) is 0. The summed E-state index contributed by atoms with van der Waals surface area (Å²) in [6.45, 7) is 2.22. The summed E-state index contributed by atoms with van der Waals surface area (Å²) in [5.74, 6) is 0. The molecule has 0 aromatic heterocycles. The molecule has 22 heavy (non-hydrogen) atoms. The fourth-order valence-corrected chi connectivity index (χ4v) is 2.52. The van der Waals surface area contributed by atoms with E-state index in [0.29, 0.717) is 17.8 Å². The van der Waals surface area contributed by atoms with Gasteiger partial charge in [-0.3, -0.25) is 0 Å². The van der Waals surface area contributed by atoms with E-state index < -0.39 is 0 Å². The van der Waals surface area contributed by atoms with Crippen molar-refractivity contribution in [3.05, 3.63) is 35.9 Å². The number of benzene rings is 1. The van der Waals surface area contributed by atoms with Crippen molar-refractivity contribution >= 4 is 11.4 Å². The number of unbranched alkanes of at least 4 members (excludes halogenated alkanes) is 7. The van der Waals surface area contributed by atoms with E-state index in [1.807, 2.05) is 30.3 Å². The highest BCUT2D eigenvalue weighted by Crippen LogP contribution is 2.12. The lowest BCUT2D eigenvalue weighted by Gasteiger charge is -2.07. The van der Waals surface area contributed by atoms with Crippen LogP contribution in [0.4, 0.5) is 0 Å². The van der Waals surface area contributed by atoms with Crippen LogP contribution in [0.15, 0.2) is 40.6 Å². The summed E-state index contributed by atoms with van der Waals surface area (Å²) in [6.07, 6.45) is 10.4. The molecule has 0 unspecified atom stereocenters. The summed E-state index contributed by atoms with van der Waals surface area (Å²) < 4.78 is 0. The monoisotopic (exact) mass is 304 g/mol. The van der Waals surface area contributed by atoms with Crippen molar-refractivity contribution in [3.8, 4) is 0 Å². The average Bonchev–Trinajstić information content (AvgIpc) is 2.57. The molecule has 4 nitrogen and oxygen atoms in total. The van der Waals surface area contributed by atoms with Crippen LogP contribution in [0.25, 0.3) is 0 Å². The number of rotatable bonds is 11. The van der Waals surface area contributed by atoms with Crippen LogP contribution in [0.1, 0.15) is 70.3 Å². The third-order valence-electron chi connectivity index (χ3n) is 3.81. The quantitative estimate of drug-likeness (QED) is 0.254. The third-order valence-corrected chi connectivity index (χ3v) is 3.81. The fourth-order valence-electron chi connectivity index (χ4n) is 2.52. The van der Waals surface area contributed by atoms with E-state index in [2.05, 4.69) is 17.2 Å². The molecular formula is C18H28N2O2. The van der Waals surface area contributed by atoms with Crippen molar-refractivity contribution in [3.63, 3.8) is 0 Å². The first-order valence-electron chi connectivity index (χ1n) is 8.32. The van der Waals surface area contributed by atoms with Crippen molar-refractivity contribution in [2.24, 2.45) is 10.3 Å². The molecule has 1 rings (SSSR count). The van der Waals surface area contributed by atoms with Crippen LogP contribution in [0.5, 0.6) is 0 Å². The van der Waals surface area contributed by atoms with Gasteiger partial charge in [-0.05, 0) is 12.8 Å². The number of nitrogens with zero attached hydrogens (tertiary/aromatic N) is 2. The molecule has 1 aromatic carbocycles. The van der Waals surface area contributed by atoms with E-state index in [9.17, 15) is 10.4 Å². The molecular weight excluding hydrogens is 276 g/mol. The summed E-state index contributed by atoms with van der Waals surface area (Å²) in [6, 6.07) is 9.31. The third kappa shape index (κ3) is 6.74. The predicted molar refractivity (Wildman–Crippen MR) is 91.2 cm³/mol. The molecule has 0 fully saturated rings. The van der Waals surface area contributed by atoms with Crippen molar-refractivity contribution in [2.45, 2.75) is 64.7 Å². The van der Waals surface area contributed by atoms with Gasteiger partial charge in [0.05, 0.1) is 0 Å². The Kier molecular flexibility index (Phi) is 9.75. The van der Waals surface area contributed by atoms with Crippen LogP contribution < -0.4 is 0 Å². The van der Waals surface area contributed by atoms with E-state index in [-0.39, 0.29) is 0 Å². The van der Waals surface area contributed by atoms with Gasteiger partial charge in [0.2, 0.25) is 0 Å². The molecule has 0 atom stereocenters. The first-order valence-corrected chi connectivity index (χ1v) is 8.32. The van der Waals surface area contributed by atoms with Gasteiger partial charge in [0.1, 0.15) is 11.4 Å². The van der Waals surface area contributed by atoms with Gasteiger partial charge in [-0.15, -0.1) is 0 Å². The zero-order valence-corrected chi connectivity index (χ0v) is 13.5. The molecule has 0 spiro atoms. The maximum absolute atomic E-state index is 9.20. The predicted octanol–water partition coefficient (Wildman–Crippen LogP) is 5.23. The normalized spacial score (nSPS) is 12.6. The van der Waals surface area contributed by atoms with Crippen LogP contribution in [0, 0.1) is 0 Å². The minimum absolute atomic E-state index is 0.353. The van der Waals surface area contributed by atoms with Crippen molar-refractivity contribution in [2.75, 3.05) is 0 Å². The van der Waals surface area contributed by atoms with Gasteiger partial charge in [0.15, 0.2) is 0 Å². The Morgan fingerprint density at radius 3 is 1.95 bits per heavy atom. The smallest absolute Gasteiger partial charge is 0.134 e. The minimum Gasteiger partial charge on any atom is -0.411 e. The Morgan fingerprint density at radius 2 is 1.41 bits per heavy atom. The lowest BCUT2D eigenvalue weighted by atomic mass is 10.0. The van der Waals surface area contributed by atoms with E-state index in [4.69, 9.17) is 0 Å².